The van der Waals surface area contributed by atoms with Crippen LogP contribution in [0.2, 0.25) is 0 Å². The summed E-state index contributed by atoms with van der Waals surface area (Å²) in [6, 6.07) is 18.9. The van der Waals surface area contributed by atoms with Crippen LogP contribution in [0.3, 0.4) is 0 Å². The Hall–Kier alpha value is -3.84. The van der Waals surface area contributed by atoms with Crippen LogP contribution in [0.4, 0.5) is 5.69 Å². The van der Waals surface area contributed by atoms with Crippen LogP contribution in [0.5, 0.6) is 11.5 Å². The van der Waals surface area contributed by atoms with Crippen LogP contribution in [-0.4, -0.2) is 51.1 Å². The number of likely N-dealkylation sites (N-methyl/N-ethyl adjacent to an activating group) is 1. The smallest absolute Gasteiger partial charge is 0.238 e. The molecule has 7 nitrogen and oxygen atoms in total. The molecule has 0 aliphatic carbocycles. The van der Waals surface area contributed by atoms with Gasteiger partial charge in [0.2, 0.25) is 11.8 Å². The Morgan fingerprint density at radius 2 is 1.22 bits per heavy atom. The van der Waals surface area contributed by atoms with E-state index in [0.717, 1.165) is 45.0 Å². The predicted molar refractivity (Wildman–Crippen MR) is 143 cm³/mol. The third-order valence-corrected chi connectivity index (χ3v) is 5.97. The van der Waals surface area contributed by atoms with Gasteiger partial charge in [-0.15, -0.1) is 0 Å². The molecule has 0 spiro atoms. The summed E-state index contributed by atoms with van der Waals surface area (Å²) >= 11 is 0. The van der Waals surface area contributed by atoms with Gasteiger partial charge >= 0.3 is 0 Å². The number of nitrogens with one attached hydrogen (secondary N) is 2. The first kappa shape index (κ1) is 26.8. The van der Waals surface area contributed by atoms with Crippen molar-refractivity contribution in [1.29, 1.82) is 0 Å². The molecule has 7 heteroatoms. The van der Waals surface area contributed by atoms with Gasteiger partial charge in [0.15, 0.2) is 0 Å². The van der Waals surface area contributed by atoms with Crippen LogP contribution in [0.1, 0.15) is 33.9 Å². The van der Waals surface area contributed by atoms with E-state index >= 15 is 0 Å². The van der Waals surface area contributed by atoms with E-state index in [1.54, 1.807) is 26.2 Å². The average molecular weight is 490 g/mol. The van der Waals surface area contributed by atoms with Crippen molar-refractivity contribution in [2.24, 2.45) is 0 Å². The van der Waals surface area contributed by atoms with Gasteiger partial charge in [-0.3, -0.25) is 14.5 Å². The van der Waals surface area contributed by atoms with Gasteiger partial charge < -0.3 is 20.1 Å². The molecule has 3 aromatic carbocycles. The maximum absolute atomic E-state index is 13.0. The van der Waals surface area contributed by atoms with Gasteiger partial charge in [0.25, 0.3) is 0 Å². The van der Waals surface area contributed by atoms with Gasteiger partial charge in [-0.25, -0.2) is 0 Å². The Balaban J connectivity index is 1.67. The molecule has 0 atom stereocenters. The second-order valence-corrected chi connectivity index (χ2v) is 9.04. The fraction of sp³-hybridized carbons (Fsp3) is 0.310. The maximum atomic E-state index is 13.0. The first-order chi connectivity index (χ1) is 17.2. The Morgan fingerprint density at radius 3 is 1.67 bits per heavy atom. The number of hydrogen-bond donors (Lipinski definition) is 2. The van der Waals surface area contributed by atoms with Crippen LogP contribution in [-0.2, 0) is 9.59 Å². The van der Waals surface area contributed by atoms with Crippen molar-refractivity contribution < 1.29 is 19.1 Å². The molecule has 0 unspecified atom stereocenters. The first-order valence-corrected chi connectivity index (χ1v) is 11.8. The number of aryl methyl sites for hydroxylation is 3. The van der Waals surface area contributed by atoms with E-state index in [1.807, 2.05) is 81.4 Å². The lowest BCUT2D eigenvalue weighted by Gasteiger charge is -2.23. The number of amides is 2. The number of nitrogens with zero attached hydrogens (tertiary/aromatic N) is 1. The van der Waals surface area contributed by atoms with Crippen molar-refractivity contribution in [3.05, 3.63) is 88.5 Å². The third-order valence-electron chi connectivity index (χ3n) is 5.97. The second kappa shape index (κ2) is 12.2. The monoisotopic (exact) mass is 489 g/mol. The summed E-state index contributed by atoms with van der Waals surface area (Å²) in [6.07, 6.45) is 0. The Labute approximate surface area is 213 Å². The topological polar surface area (TPSA) is 79.9 Å². The van der Waals surface area contributed by atoms with E-state index in [0.29, 0.717) is 0 Å². The van der Waals surface area contributed by atoms with E-state index in [4.69, 9.17) is 9.47 Å². The molecule has 0 aromatic heterocycles. The summed E-state index contributed by atoms with van der Waals surface area (Å²) in [5.41, 5.74) is 5.84. The summed E-state index contributed by atoms with van der Waals surface area (Å²) in [5.74, 6) is 1.12. The molecule has 0 saturated carbocycles. The predicted octanol–water partition coefficient (Wildman–Crippen LogP) is 4.41. The number of hydrogen-bond acceptors (Lipinski definition) is 5. The molecule has 2 N–H and O–H groups in total. The summed E-state index contributed by atoms with van der Waals surface area (Å²) < 4.78 is 10.5. The highest BCUT2D eigenvalue weighted by Gasteiger charge is 2.19. The molecule has 0 aliphatic rings. The molecule has 0 radical (unpaired) electrons. The minimum absolute atomic E-state index is 0.0715. The summed E-state index contributed by atoms with van der Waals surface area (Å²) in [7, 11) is 4.99. The zero-order chi connectivity index (χ0) is 26.2. The molecular weight excluding hydrogens is 454 g/mol. The van der Waals surface area contributed by atoms with Crippen LogP contribution in [0.15, 0.2) is 60.7 Å². The standard InChI is InChI=1S/C29H35N3O4/c1-19-15-20(2)28(21(3)16-19)30-26(33)17-32(4)18-27(34)31-29(22-7-11-24(35-5)12-8-22)23-9-13-25(36-6)14-10-23/h7-16,29H,17-18H2,1-6H3,(H,30,33)(H,31,34). The summed E-state index contributed by atoms with van der Waals surface area (Å²) in [4.78, 5) is 27.4. The molecule has 0 aliphatic heterocycles. The van der Waals surface area contributed by atoms with Crippen molar-refractivity contribution in [2.45, 2.75) is 26.8 Å². The molecule has 2 amide bonds. The molecule has 36 heavy (non-hydrogen) atoms. The van der Waals surface area contributed by atoms with Gasteiger partial charge in [0.1, 0.15) is 11.5 Å². The fourth-order valence-electron chi connectivity index (χ4n) is 4.26. The van der Waals surface area contributed by atoms with Crippen molar-refractivity contribution >= 4 is 17.5 Å². The van der Waals surface area contributed by atoms with Crippen molar-refractivity contribution in [3.63, 3.8) is 0 Å². The number of benzene rings is 3. The summed E-state index contributed by atoms with van der Waals surface area (Å²) in [5, 5.41) is 6.10. The minimum atomic E-state index is -0.366. The van der Waals surface area contributed by atoms with Crippen molar-refractivity contribution in [1.82, 2.24) is 10.2 Å². The summed E-state index contributed by atoms with van der Waals surface area (Å²) in [6.45, 7) is 6.15. The molecule has 0 bridgehead atoms. The van der Waals surface area contributed by atoms with Gasteiger partial charge in [0, 0.05) is 5.69 Å². The van der Waals surface area contributed by atoms with Crippen LogP contribution < -0.4 is 20.1 Å². The number of methoxy groups -OCH3 is 2. The first-order valence-electron chi connectivity index (χ1n) is 11.8. The van der Waals surface area contributed by atoms with Crippen LogP contribution >= 0.6 is 0 Å². The van der Waals surface area contributed by atoms with Crippen molar-refractivity contribution in [3.8, 4) is 11.5 Å². The number of carbonyl (C=O) groups excluding carboxylic acids is 2. The van der Waals surface area contributed by atoms with Crippen LogP contribution in [0, 0.1) is 20.8 Å². The van der Waals surface area contributed by atoms with Gasteiger partial charge in [-0.2, -0.15) is 0 Å². The lowest BCUT2D eigenvalue weighted by atomic mass is 9.98. The number of carbonyl (C=O) groups is 2. The molecule has 0 fully saturated rings. The highest BCUT2D eigenvalue weighted by Crippen LogP contribution is 2.26. The van der Waals surface area contributed by atoms with Crippen molar-refractivity contribution in [2.75, 3.05) is 39.7 Å². The third kappa shape index (κ3) is 7.09. The molecule has 190 valence electrons. The maximum Gasteiger partial charge on any atom is 0.238 e. The van der Waals surface area contributed by atoms with E-state index in [1.165, 1.54) is 0 Å². The largest absolute Gasteiger partial charge is 0.497 e. The fourth-order valence-corrected chi connectivity index (χ4v) is 4.26. The van der Waals surface area contributed by atoms with Crippen LogP contribution in [0.25, 0.3) is 0 Å². The zero-order valence-corrected chi connectivity index (χ0v) is 21.8. The quantitative estimate of drug-likeness (QED) is 0.441. The minimum Gasteiger partial charge on any atom is -0.497 e. The SMILES string of the molecule is COc1ccc(C(NC(=O)CN(C)CC(=O)Nc2c(C)cc(C)cc2C)c2ccc(OC)cc2)cc1. The van der Waals surface area contributed by atoms with E-state index in [9.17, 15) is 9.59 Å². The lowest BCUT2D eigenvalue weighted by Crippen LogP contribution is -2.40. The molecule has 3 rings (SSSR count). The Bertz CT molecular complexity index is 1120. The molecule has 0 heterocycles. The highest BCUT2D eigenvalue weighted by molar-refractivity contribution is 5.94. The van der Waals surface area contributed by atoms with E-state index in [-0.39, 0.29) is 30.9 Å². The Morgan fingerprint density at radius 1 is 0.778 bits per heavy atom. The molecular formula is C29H35N3O4. The van der Waals surface area contributed by atoms with E-state index in [2.05, 4.69) is 10.6 Å². The zero-order valence-electron chi connectivity index (χ0n) is 21.8. The second-order valence-electron chi connectivity index (χ2n) is 9.04. The molecule has 3 aromatic rings. The normalized spacial score (nSPS) is 10.9. The van der Waals surface area contributed by atoms with Gasteiger partial charge in [0.05, 0.1) is 33.4 Å². The van der Waals surface area contributed by atoms with Gasteiger partial charge in [-0.05, 0) is 74.3 Å². The average Bonchev–Trinajstić information content (AvgIpc) is 2.85. The number of rotatable bonds is 10. The Kier molecular flexibility index (Phi) is 9.08. The van der Waals surface area contributed by atoms with Gasteiger partial charge in [-0.1, -0.05) is 42.0 Å². The molecule has 0 saturated heterocycles. The number of anilines is 1. The number of ether oxygens (including phenoxy) is 2. The highest BCUT2D eigenvalue weighted by atomic mass is 16.5. The lowest BCUT2D eigenvalue weighted by molar-refractivity contribution is -0.123. The van der Waals surface area contributed by atoms with E-state index < -0.39 is 0 Å².